The van der Waals surface area contributed by atoms with Gasteiger partial charge in [0.1, 0.15) is 18.2 Å². The van der Waals surface area contributed by atoms with E-state index in [1.54, 1.807) is 0 Å². The molecule has 0 saturated heterocycles. The molecule has 1 N–H and O–H groups in total. The Bertz CT molecular complexity index is 419. The molecular formula is C13H16F4O3. The molecule has 7 heteroatoms. The van der Waals surface area contributed by atoms with Gasteiger partial charge in [-0.1, -0.05) is 0 Å². The molecule has 20 heavy (non-hydrogen) atoms. The first kappa shape index (κ1) is 16.7. The van der Waals surface area contributed by atoms with Crippen LogP contribution in [0, 0.1) is 5.82 Å². The lowest BCUT2D eigenvalue weighted by Gasteiger charge is -2.10. The van der Waals surface area contributed by atoms with Crippen LogP contribution in [0.2, 0.25) is 0 Å². The zero-order chi connectivity index (χ0) is 15.2. The summed E-state index contributed by atoms with van der Waals surface area (Å²) in [4.78, 5) is 0. The Hall–Kier alpha value is -1.34. The Morgan fingerprint density at radius 3 is 2.50 bits per heavy atom. The molecule has 0 aliphatic heterocycles. The standard InChI is InChI=1S/C13H16F4O3/c1-9(18)11-4-3-10(7-12(11)14)20-6-2-5-19-8-13(15,16)17/h3-4,7,9,18H,2,5-6,8H2,1H3/t9-/m1/s1. The second-order valence-electron chi connectivity index (χ2n) is 4.23. The van der Waals surface area contributed by atoms with Crippen LogP contribution < -0.4 is 4.74 Å². The number of hydrogen-bond donors (Lipinski definition) is 1. The van der Waals surface area contributed by atoms with E-state index in [1.165, 1.54) is 19.1 Å². The van der Waals surface area contributed by atoms with Gasteiger partial charge < -0.3 is 14.6 Å². The molecule has 0 unspecified atom stereocenters. The molecule has 1 rings (SSSR count). The molecule has 0 aliphatic carbocycles. The maximum absolute atomic E-state index is 13.5. The smallest absolute Gasteiger partial charge is 0.411 e. The van der Waals surface area contributed by atoms with Crippen molar-refractivity contribution >= 4 is 0 Å². The van der Waals surface area contributed by atoms with E-state index in [1.807, 2.05) is 0 Å². The number of halogens is 4. The fourth-order valence-corrected chi connectivity index (χ4v) is 1.48. The Kier molecular flexibility index (Phi) is 6.22. The molecule has 114 valence electrons. The molecule has 0 aliphatic rings. The lowest BCUT2D eigenvalue weighted by atomic mass is 10.1. The lowest BCUT2D eigenvalue weighted by molar-refractivity contribution is -0.174. The van der Waals surface area contributed by atoms with E-state index in [4.69, 9.17) is 4.74 Å². The van der Waals surface area contributed by atoms with E-state index in [0.717, 1.165) is 6.07 Å². The van der Waals surface area contributed by atoms with E-state index in [-0.39, 0.29) is 30.9 Å². The summed E-state index contributed by atoms with van der Waals surface area (Å²) in [6.45, 7) is 0.181. The van der Waals surface area contributed by atoms with Crippen LogP contribution in [0.3, 0.4) is 0 Å². The predicted octanol–water partition coefficient (Wildman–Crippen LogP) is 3.23. The number of alkyl halides is 3. The normalized spacial score (nSPS) is 13.3. The minimum atomic E-state index is -4.33. The number of rotatable bonds is 7. The molecule has 1 aromatic carbocycles. The number of benzene rings is 1. The summed E-state index contributed by atoms with van der Waals surface area (Å²) in [7, 11) is 0. The van der Waals surface area contributed by atoms with E-state index in [9.17, 15) is 22.7 Å². The molecule has 1 aromatic rings. The molecule has 0 heterocycles. The quantitative estimate of drug-likeness (QED) is 0.620. The summed E-state index contributed by atoms with van der Waals surface area (Å²) in [6, 6.07) is 4.01. The van der Waals surface area contributed by atoms with Gasteiger partial charge in [0, 0.05) is 18.1 Å². The van der Waals surface area contributed by atoms with Crippen molar-refractivity contribution in [2.45, 2.75) is 25.6 Å². The molecular weight excluding hydrogens is 280 g/mol. The summed E-state index contributed by atoms with van der Waals surface area (Å²) in [5, 5.41) is 9.25. The van der Waals surface area contributed by atoms with Crippen LogP contribution in [0.5, 0.6) is 5.75 Å². The van der Waals surface area contributed by atoms with Crippen LogP contribution in [-0.4, -0.2) is 31.1 Å². The highest BCUT2D eigenvalue weighted by Gasteiger charge is 2.27. The average molecular weight is 296 g/mol. The van der Waals surface area contributed by atoms with Crippen LogP contribution >= 0.6 is 0 Å². The SMILES string of the molecule is C[C@@H](O)c1ccc(OCCCOCC(F)(F)F)cc1F. The second-order valence-corrected chi connectivity index (χ2v) is 4.23. The first-order valence-corrected chi connectivity index (χ1v) is 6.04. The van der Waals surface area contributed by atoms with Crippen LogP contribution in [-0.2, 0) is 4.74 Å². The third-order valence-electron chi connectivity index (χ3n) is 2.39. The van der Waals surface area contributed by atoms with Gasteiger partial charge in [-0.2, -0.15) is 13.2 Å². The van der Waals surface area contributed by atoms with Gasteiger partial charge >= 0.3 is 6.18 Å². The van der Waals surface area contributed by atoms with Crippen LogP contribution in [0.25, 0.3) is 0 Å². The molecule has 3 nitrogen and oxygen atoms in total. The molecule has 0 radical (unpaired) electrons. The van der Waals surface area contributed by atoms with Crippen LogP contribution in [0.1, 0.15) is 25.0 Å². The summed E-state index contributed by atoms with van der Waals surface area (Å²) in [5.41, 5.74) is 0.158. The first-order chi connectivity index (χ1) is 9.29. The van der Waals surface area contributed by atoms with Crippen molar-refractivity contribution in [3.63, 3.8) is 0 Å². The topological polar surface area (TPSA) is 38.7 Å². The van der Waals surface area contributed by atoms with Crippen molar-refractivity contribution in [3.8, 4) is 5.75 Å². The van der Waals surface area contributed by atoms with Gasteiger partial charge in [-0.25, -0.2) is 4.39 Å². The van der Waals surface area contributed by atoms with Crippen molar-refractivity contribution in [1.82, 2.24) is 0 Å². The Morgan fingerprint density at radius 1 is 1.25 bits per heavy atom. The number of hydrogen-bond acceptors (Lipinski definition) is 3. The summed E-state index contributed by atoms with van der Waals surface area (Å²) >= 11 is 0. The summed E-state index contributed by atoms with van der Waals surface area (Å²) in [6.07, 6.45) is -4.99. The first-order valence-electron chi connectivity index (χ1n) is 6.04. The van der Waals surface area contributed by atoms with E-state index >= 15 is 0 Å². The monoisotopic (exact) mass is 296 g/mol. The molecule has 0 bridgehead atoms. The van der Waals surface area contributed by atoms with Gasteiger partial charge in [0.05, 0.1) is 19.3 Å². The van der Waals surface area contributed by atoms with Crippen LogP contribution in [0.4, 0.5) is 17.6 Å². The molecule has 0 aromatic heterocycles. The highest BCUT2D eigenvalue weighted by Crippen LogP contribution is 2.21. The number of ether oxygens (including phenoxy) is 2. The molecule has 0 saturated carbocycles. The van der Waals surface area contributed by atoms with E-state index < -0.39 is 24.7 Å². The fourth-order valence-electron chi connectivity index (χ4n) is 1.48. The molecule has 0 amide bonds. The molecule has 1 atom stereocenters. The average Bonchev–Trinajstić information content (AvgIpc) is 2.32. The van der Waals surface area contributed by atoms with Gasteiger partial charge in [0.2, 0.25) is 0 Å². The minimum absolute atomic E-state index is 0.0895. The van der Waals surface area contributed by atoms with Crippen molar-refractivity contribution < 1.29 is 32.1 Å². The summed E-state index contributed by atoms with van der Waals surface area (Å²) < 4.78 is 58.3. The summed E-state index contributed by atoms with van der Waals surface area (Å²) in [5.74, 6) is -0.339. The maximum Gasteiger partial charge on any atom is 0.411 e. The Labute approximate surface area is 114 Å². The van der Waals surface area contributed by atoms with Gasteiger partial charge in [-0.15, -0.1) is 0 Å². The Balaban J connectivity index is 2.27. The van der Waals surface area contributed by atoms with Crippen molar-refractivity contribution in [3.05, 3.63) is 29.6 Å². The van der Waals surface area contributed by atoms with Gasteiger partial charge in [-0.3, -0.25) is 0 Å². The zero-order valence-corrected chi connectivity index (χ0v) is 10.9. The molecule has 0 fully saturated rings. The fraction of sp³-hybridized carbons (Fsp3) is 0.538. The Morgan fingerprint density at radius 2 is 1.95 bits per heavy atom. The third kappa shape index (κ3) is 6.21. The van der Waals surface area contributed by atoms with E-state index in [2.05, 4.69) is 4.74 Å². The lowest BCUT2D eigenvalue weighted by Crippen LogP contribution is -2.18. The van der Waals surface area contributed by atoms with Gasteiger partial charge in [-0.05, 0) is 19.1 Å². The van der Waals surface area contributed by atoms with Crippen molar-refractivity contribution in [2.75, 3.05) is 19.8 Å². The van der Waals surface area contributed by atoms with Crippen molar-refractivity contribution in [1.29, 1.82) is 0 Å². The van der Waals surface area contributed by atoms with Crippen LogP contribution in [0.15, 0.2) is 18.2 Å². The predicted molar refractivity (Wildman–Crippen MR) is 64.0 cm³/mol. The highest BCUT2D eigenvalue weighted by atomic mass is 19.4. The second kappa shape index (κ2) is 7.44. The van der Waals surface area contributed by atoms with Gasteiger partial charge in [0.25, 0.3) is 0 Å². The minimum Gasteiger partial charge on any atom is -0.493 e. The number of aliphatic hydroxyl groups excluding tert-OH is 1. The van der Waals surface area contributed by atoms with Crippen molar-refractivity contribution in [2.24, 2.45) is 0 Å². The van der Waals surface area contributed by atoms with Gasteiger partial charge in [0.15, 0.2) is 0 Å². The number of aliphatic hydroxyl groups is 1. The largest absolute Gasteiger partial charge is 0.493 e. The highest BCUT2D eigenvalue weighted by molar-refractivity contribution is 5.29. The van der Waals surface area contributed by atoms with E-state index in [0.29, 0.717) is 0 Å². The third-order valence-corrected chi connectivity index (χ3v) is 2.39. The zero-order valence-electron chi connectivity index (χ0n) is 10.9. The maximum atomic E-state index is 13.5. The molecule has 0 spiro atoms.